The molecule has 1 N–H and O–H groups in total. The van der Waals surface area contributed by atoms with Crippen molar-refractivity contribution in [3.8, 4) is 5.69 Å². The minimum atomic E-state index is -4.57. The first-order chi connectivity index (χ1) is 13.1. The summed E-state index contributed by atoms with van der Waals surface area (Å²) in [6.45, 7) is 4.96. The van der Waals surface area contributed by atoms with Crippen LogP contribution in [0.3, 0.4) is 0 Å². The number of hydrogen-bond donors (Lipinski definition) is 1. The van der Waals surface area contributed by atoms with Gasteiger partial charge in [-0.3, -0.25) is 9.78 Å². The molecule has 0 saturated carbocycles. The van der Waals surface area contributed by atoms with Gasteiger partial charge in [-0.1, -0.05) is 6.07 Å². The fourth-order valence-electron chi connectivity index (χ4n) is 2.78. The van der Waals surface area contributed by atoms with Crippen LogP contribution in [-0.4, -0.2) is 25.7 Å². The van der Waals surface area contributed by atoms with Gasteiger partial charge < -0.3 is 5.32 Å². The third kappa shape index (κ3) is 4.19. The summed E-state index contributed by atoms with van der Waals surface area (Å²) < 4.78 is 42.2. The first-order valence-electron chi connectivity index (χ1n) is 8.46. The highest BCUT2D eigenvalue weighted by Gasteiger charge is 2.34. The molecule has 0 fully saturated rings. The van der Waals surface area contributed by atoms with Gasteiger partial charge in [-0.2, -0.15) is 18.3 Å². The molecular formula is C19H18F3N5O. The highest BCUT2D eigenvalue weighted by Crippen LogP contribution is 2.33. The van der Waals surface area contributed by atoms with E-state index in [-0.39, 0.29) is 17.8 Å². The van der Waals surface area contributed by atoms with Crippen LogP contribution in [0.2, 0.25) is 0 Å². The molecule has 0 aliphatic heterocycles. The number of aromatic nitrogens is 4. The number of aryl methyl sites for hydroxylation is 3. The molecule has 2 aromatic heterocycles. The third-order valence-corrected chi connectivity index (χ3v) is 4.11. The van der Waals surface area contributed by atoms with E-state index in [0.717, 1.165) is 11.8 Å². The van der Waals surface area contributed by atoms with Crippen LogP contribution >= 0.6 is 0 Å². The standard InChI is InChI=1S/C19H18F3N5O/c1-11-6-13(3)27(26-11)15-5-4-14(16(7-15)19(20,21)22)9-25-18(28)17-10-23-12(2)8-24-17/h4-8,10H,9H2,1-3H3,(H,25,28). The van der Waals surface area contributed by atoms with Crippen molar-refractivity contribution in [2.75, 3.05) is 0 Å². The molecule has 146 valence electrons. The fraction of sp³-hybridized carbons (Fsp3) is 0.263. The zero-order valence-electron chi connectivity index (χ0n) is 15.5. The highest BCUT2D eigenvalue weighted by molar-refractivity contribution is 5.91. The van der Waals surface area contributed by atoms with Crippen LogP contribution in [-0.2, 0) is 12.7 Å². The van der Waals surface area contributed by atoms with Crippen LogP contribution in [0.1, 0.15) is 38.7 Å². The molecule has 0 radical (unpaired) electrons. The van der Waals surface area contributed by atoms with E-state index in [4.69, 9.17) is 0 Å². The number of nitrogens with one attached hydrogen (secondary N) is 1. The van der Waals surface area contributed by atoms with Gasteiger partial charge >= 0.3 is 6.18 Å². The summed E-state index contributed by atoms with van der Waals surface area (Å²) in [6, 6.07) is 5.70. The Hall–Kier alpha value is -3.23. The Bertz CT molecular complexity index is 1010. The summed E-state index contributed by atoms with van der Waals surface area (Å²) in [7, 11) is 0. The van der Waals surface area contributed by atoms with Crippen molar-refractivity contribution in [1.82, 2.24) is 25.1 Å². The van der Waals surface area contributed by atoms with Crippen molar-refractivity contribution in [1.29, 1.82) is 0 Å². The van der Waals surface area contributed by atoms with Gasteiger partial charge in [0.05, 0.1) is 28.8 Å². The summed E-state index contributed by atoms with van der Waals surface area (Å²) in [6.07, 6.45) is -1.88. The Morgan fingerprint density at radius 3 is 2.39 bits per heavy atom. The number of nitrogens with zero attached hydrogens (tertiary/aromatic N) is 4. The minimum absolute atomic E-state index is 0.0402. The first kappa shape index (κ1) is 19.5. The Morgan fingerprint density at radius 2 is 1.82 bits per heavy atom. The van der Waals surface area contributed by atoms with Crippen LogP contribution in [0.25, 0.3) is 5.69 Å². The molecule has 1 amide bonds. The van der Waals surface area contributed by atoms with E-state index >= 15 is 0 Å². The van der Waals surface area contributed by atoms with E-state index in [0.29, 0.717) is 17.1 Å². The van der Waals surface area contributed by atoms with E-state index in [2.05, 4.69) is 20.4 Å². The quantitative estimate of drug-likeness (QED) is 0.741. The second-order valence-electron chi connectivity index (χ2n) is 6.40. The molecule has 0 aliphatic rings. The van der Waals surface area contributed by atoms with Gasteiger partial charge in [-0.15, -0.1) is 0 Å². The Kier molecular flexibility index (Phi) is 5.17. The summed E-state index contributed by atoms with van der Waals surface area (Å²) in [5.41, 5.74) is 1.54. The second kappa shape index (κ2) is 7.41. The molecule has 0 saturated heterocycles. The number of benzene rings is 1. The summed E-state index contributed by atoms with van der Waals surface area (Å²) >= 11 is 0. The lowest BCUT2D eigenvalue weighted by atomic mass is 10.1. The van der Waals surface area contributed by atoms with Crippen LogP contribution < -0.4 is 5.32 Å². The molecule has 1 aromatic carbocycles. The van der Waals surface area contributed by atoms with Crippen LogP contribution in [0.5, 0.6) is 0 Å². The third-order valence-electron chi connectivity index (χ3n) is 4.11. The number of carbonyl (C=O) groups is 1. The molecule has 6 nitrogen and oxygen atoms in total. The van der Waals surface area contributed by atoms with Crippen molar-refractivity contribution in [2.45, 2.75) is 33.5 Å². The van der Waals surface area contributed by atoms with Gasteiger partial charge in [-0.05, 0) is 44.5 Å². The molecule has 3 aromatic rings. The van der Waals surface area contributed by atoms with Crippen LogP contribution in [0.4, 0.5) is 13.2 Å². The molecular weight excluding hydrogens is 371 g/mol. The predicted molar refractivity (Wildman–Crippen MR) is 96.0 cm³/mol. The van der Waals surface area contributed by atoms with Crippen LogP contribution in [0, 0.1) is 20.8 Å². The van der Waals surface area contributed by atoms with Gasteiger partial charge in [0.1, 0.15) is 5.69 Å². The highest BCUT2D eigenvalue weighted by atomic mass is 19.4. The molecule has 0 bridgehead atoms. The van der Waals surface area contributed by atoms with Crippen molar-refractivity contribution in [3.63, 3.8) is 0 Å². The number of halogens is 3. The Labute approximate surface area is 159 Å². The fourth-order valence-corrected chi connectivity index (χ4v) is 2.78. The SMILES string of the molecule is Cc1cnc(C(=O)NCc2ccc(-n3nc(C)cc3C)cc2C(F)(F)F)cn1. The first-order valence-corrected chi connectivity index (χ1v) is 8.46. The van der Waals surface area contributed by atoms with Gasteiger partial charge in [0.2, 0.25) is 0 Å². The average Bonchev–Trinajstić information content (AvgIpc) is 2.97. The summed E-state index contributed by atoms with van der Waals surface area (Å²) in [4.78, 5) is 20.0. The maximum atomic E-state index is 13.6. The maximum absolute atomic E-state index is 13.6. The molecule has 0 unspecified atom stereocenters. The Morgan fingerprint density at radius 1 is 1.07 bits per heavy atom. The Balaban J connectivity index is 1.87. The number of hydrogen-bond acceptors (Lipinski definition) is 4. The molecule has 28 heavy (non-hydrogen) atoms. The number of amides is 1. The number of alkyl halides is 3. The van der Waals surface area contributed by atoms with Crippen molar-refractivity contribution >= 4 is 5.91 Å². The number of rotatable bonds is 4. The molecule has 3 rings (SSSR count). The molecule has 0 atom stereocenters. The van der Waals surface area contributed by atoms with Crippen molar-refractivity contribution in [3.05, 3.63) is 70.6 Å². The average molecular weight is 389 g/mol. The van der Waals surface area contributed by atoms with E-state index in [9.17, 15) is 18.0 Å². The van der Waals surface area contributed by atoms with Crippen LogP contribution in [0.15, 0.2) is 36.7 Å². The molecule has 9 heteroatoms. The zero-order valence-corrected chi connectivity index (χ0v) is 15.5. The number of carbonyl (C=O) groups excluding carboxylic acids is 1. The van der Waals surface area contributed by atoms with Gasteiger partial charge in [0.15, 0.2) is 0 Å². The van der Waals surface area contributed by atoms with Gasteiger partial charge in [0, 0.05) is 18.4 Å². The smallest absolute Gasteiger partial charge is 0.347 e. The van der Waals surface area contributed by atoms with Gasteiger partial charge in [0.25, 0.3) is 5.91 Å². The predicted octanol–water partition coefficient (Wildman–Crippen LogP) is 3.54. The monoisotopic (exact) mass is 389 g/mol. The van der Waals surface area contributed by atoms with E-state index in [1.807, 2.05) is 0 Å². The van der Waals surface area contributed by atoms with E-state index in [1.165, 1.54) is 23.1 Å². The lowest BCUT2D eigenvalue weighted by Gasteiger charge is -2.16. The van der Waals surface area contributed by atoms with Crippen molar-refractivity contribution < 1.29 is 18.0 Å². The molecule has 0 spiro atoms. The lowest BCUT2D eigenvalue weighted by Crippen LogP contribution is -2.25. The topological polar surface area (TPSA) is 72.7 Å². The van der Waals surface area contributed by atoms with E-state index in [1.54, 1.807) is 32.9 Å². The summed E-state index contributed by atoms with van der Waals surface area (Å²) in [5.74, 6) is -0.594. The lowest BCUT2D eigenvalue weighted by molar-refractivity contribution is -0.138. The zero-order chi connectivity index (χ0) is 20.5. The summed E-state index contributed by atoms with van der Waals surface area (Å²) in [5, 5.41) is 6.68. The molecule has 0 aliphatic carbocycles. The molecule has 2 heterocycles. The minimum Gasteiger partial charge on any atom is -0.347 e. The maximum Gasteiger partial charge on any atom is 0.416 e. The van der Waals surface area contributed by atoms with Crippen molar-refractivity contribution in [2.24, 2.45) is 0 Å². The van der Waals surface area contributed by atoms with E-state index < -0.39 is 17.6 Å². The van der Waals surface area contributed by atoms with Gasteiger partial charge in [-0.25, -0.2) is 9.67 Å². The second-order valence-corrected chi connectivity index (χ2v) is 6.40. The normalized spacial score (nSPS) is 11.5. The largest absolute Gasteiger partial charge is 0.416 e.